The van der Waals surface area contributed by atoms with Gasteiger partial charge in [-0.25, -0.2) is 8.42 Å². The zero-order valence-corrected chi connectivity index (χ0v) is 22.8. The first-order valence-electron chi connectivity index (χ1n) is 11.5. The van der Waals surface area contributed by atoms with E-state index in [1.807, 2.05) is 19.1 Å². The summed E-state index contributed by atoms with van der Waals surface area (Å²) in [5, 5.41) is 3.60. The van der Waals surface area contributed by atoms with Gasteiger partial charge in [0, 0.05) is 5.02 Å². The normalized spacial score (nSPS) is 11.9. The predicted molar refractivity (Wildman–Crippen MR) is 149 cm³/mol. The summed E-state index contributed by atoms with van der Waals surface area (Å²) in [5.74, 6) is 1.07. The second kappa shape index (κ2) is 11.8. The van der Waals surface area contributed by atoms with Crippen LogP contribution in [0.2, 0.25) is 10.0 Å². The van der Waals surface area contributed by atoms with Crippen LogP contribution in [0.4, 0.5) is 5.69 Å². The van der Waals surface area contributed by atoms with E-state index < -0.39 is 15.9 Å². The lowest BCUT2D eigenvalue weighted by Crippen LogP contribution is -2.28. The summed E-state index contributed by atoms with van der Waals surface area (Å²) < 4.78 is 39.7. The van der Waals surface area contributed by atoms with Gasteiger partial charge < -0.3 is 14.8 Å². The molecule has 0 aliphatic rings. The van der Waals surface area contributed by atoms with E-state index in [9.17, 15) is 13.2 Å². The van der Waals surface area contributed by atoms with Crippen LogP contribution in [0.5, 0.6) is 17.2 Å². The quantitative estimate of drug-likeness (QED) is 0.224. The Morgan fingerprint density at radius 3 is 2.18 bits per heavy atom. The molecule has 0 bridgehead atoms. The van der Waals surface area contributed by atoms with Crippen LogP contribution in [0.15, 0.2) is 95.9 Å². The zero-order chi connectivity index (χ0) is 27.3. The van der Waals surface area contributed by atoms with E-state index in [2.05, 4.69) is 10.0 Å². The number of carbonyl (C=O) groups excluding carboxylic acids is 1. The number of nitrogens with one attached hydrogen (secondary N) is 2. The van der Waals surface area contributed by atoms with Crippen LogP contribution in [0.25, 0.3) is 0 Å². The first-order valence-corrected chi connectivity index (χ1v) is 13.7. The van der Waals surface area contributed by atoms with E-state index in [-0.39, 0.29) is 27.2 Å². The first kappa shape index (κ1) is 27.3. The third-order valence-electron chi connectivity index (χ3n) is 5.63. The van der Waals surface area contributed by atoms with E-state index >= 15 is 0 Å². The Balaban J connectivity index is 1.51. The lowest BCUT2D eigenvalue weighted by Gasteiger charge is -2.17. The molecule has 2 N–H and O–H groups in total. The first-order chi connectivity index (χ1) is 18.2. The summed E-state index contributed by atoms with van der Waals surface area (Å²) in [6.07, 6.45) is 0. The van der Waals surface area contributed by atoms with Crippen LogP contribution in [0.1, 0.15) is 28.9 Å². The number of rotatable bonds is 9. The fourth-order valence-electron chi connectivity index (χ4n) is 3.59. The zero-order valence-electron chi connectivity index (χ0n) is 20.4. The van der Waals surface area contributed by atoms with Gasteiger partial charge in [0.2, 0.25) is 0 Å². The number of ether oxygens (including phenoxy) is 2. The number of hydrogen-bond acceptors (Lipinski definition) is 5. The average Bonchev–Trinajstić information content (AvgIpc) is 2.91. The average molecular weight is 571 g/mol. The second-order valence-electron chi connectivity index (χ2n) is 8.27. The third kappa shape index (κ3) is 6.58. The second-order valence-corrected chi connectivity index (χ2v) is 10.8. The van der Waals surface area contributed by atoms with Crippen molar-refractivity contribution in [1.29, 1.82) is 0 Å². The molecule has 196 valence electrons. The number of amides is 1. The third-order valence-corrected chi connectivity index (χ3v) is 7.56. The molecule has 4 rings (SSSR count). The maximum absolute atomic E-state index is 13.1. The van der Waals surface area contributed by atoms with Crippen molar-refractivity contribution in [3.8, 4) is 17.2 Å². The van der Waals surface area contributed by atoms with E-state index in [0.29, 0.717) is 22.3 Å². The number of methoxy groups -OCH3 is 1. The van der Waals surface area contributed by atoms with Crippen molar-refractivity contribution in [2.24, 2.45) is 0 Å². The summed E-state index contributed by atoms with van der Waals surface area (Å²) in [6, 6.07) is 24.1. The number of halogens is 2. The number of sulfonamides is 1. The van der Waals surface area contributed by atoms with Crippen molar-refractivity contribution in [2.45, 2.75) is 17.9 Å². The molecule has 0 saturated carbocycles. The Hall–Kier alpha value is -3.72. The van der Waals surface area contributed by atoms with E-state index in [4.69, 9.17) is 32.7 Å². The highest BCUT2D eigenvalue weighted by molar-refractivity contribution is 7.92. The maximum Gasteiger partial charge on any atom is 0.261 e. The fraction of sp³-hybridized carbons (Fsp3) is 0.107. The molecule has 7 nitrogen and oxygen atoms in total. The number of carbonyl (C=O) groups is 1. The van der Waals surface area contributed by atoms with Crippen molar-refractivity contribution in [2.75, 3.05) is 11.8 Å². The molecule has 0 aromatic heterocycles. The van der Waals surface area contributed by atoms with E-state index in [1.54, 1.807) is 43.5 Å². The SMILES string of the molecule is COc1ccc([C@H](C)NC(=O)c2cc(Cl)ccc2NS(=O)(=O)c2ccc(Oc3ccccc3Cl)cc2)cc1. The van der Waals surface area contributed by atoms with Gasteiger partial charge in [-0.1, -0.05) is 47.5 Å². The van der Waals surface area contributed by atoms with Crippen LogP contribution < -0.4 is 19.5 Å². The minimum Gasteiger partial charge on any atom is -0.497 e. The Morgan fingerprint density at radius 2 is 1.53 bits per heavy atom. The van der Waals surface area contributed by atoms with Gasteiger partial charge in [0.1, 0.15) is 17.2 Å². The van der Waals surface area contributed by atoms with Gasteiger partial charge >= 0.3 is 0 Å². The molecule has 0 fully saturated rings. The van der Waals surface area contributed by atoms with E-state index in [1.165, 1.54) is 42.5 Å². The van der Waals surface area contributed by atoms with Crippen molar-refractivity contribution in [1.82, 2.24) is 5.32 Å². The summed E-state index contributed by atoms with van der Waals surface area (Å²) in [7, 11) is -2.46. The van der Waals surface area contributed by atoms with Crippen LogP contribution in [-0.4, -0.2) is 21.4 Å². The largest absolute Gasteiger partial charge is 0.497 e. The number of anilines is 1. The molecule has 0 spiro atoms. The lowest BCUT2D eigenvalue weighted by molar-refractivity contribution is 0.0941. The molecule has 0 aliphatic carbocycles. The predicted octanol–water partition coefficient (Wildman–Crippen LogP) is 7.09. The summed E-state index contributed by atoms with van der Waals surface area (Å²) in [4.78, 5) is 13.1. The maximum atomic E-state index is 13.1. The van der Waals surface area contributed by atoms with Gasteiger partial charge in [-0.3, -0.25) is 9.52 Å². The molecule has 1 amide bonds. The van der Waals surface area contributed by atoms with Gasteiger partial charge in [0.15, 0.2) is 0 Å². The smallest absolute Gasteiger partial charge is 0.261 e. The summed E-state index contributed by atoms with van der Waals surface area (Å²) >= 11 is 12.3. The van der Waals surface area contributed by atoms with Crippen molar-refractivity contribution in [3.05, 3.63) is 112 Å². The molecular formula is C28H24Cl2N2O5S. The minimum atomic E-state index is -4.04. The lowest BCUT2D eigenvalue weighted by atomic mass is 10.1. The molecule has 10 heteroatoms. The summed E-state index contributed by atoms with van der Waals surface area (Å²) in [6.45, 7) is 1.82. The van der Waals surface area contributed by atoms with Crippen molar-refractivity contribution < 1.29 is 22.7 Å². The van der Waals surface area contributed by atoms with Crippen LogP contribution in [-0.2, 0) is 10.0 Å². The minimum absolute atomic E-state index is 0.0167. The van der Waals surface area contributed by atoms with Crippen molar-refractivity contribution >= 4 is 44.8 Å². The van der Waals surface area contributed by atoms with E-state index in [0.717, 1.165) is 5.56 Å². The molecule has 4 aromatic carbocycles. The summed E-state index contributed by atoms with van der Waals surface area (Å²) in [5.41, 5.74) is 1.02. The van der Waals surface area contributed by atoms with Gasteiger partial charge in [-0.2, -0.15) is 0 Å². The molecular weight excluding hydrogens is 547 g/mol. The van der Waals surface area contributed by atoms with Crippen LogP contribution in [0, 0.1) is 0 Å². The molecule has 0 unspecified atom stereocenters. The highest BCUT2D eigenvalue weighted by atomic mass is 35.5. The van der Waals surface area contributed by atoms with Crippen LogP contribution >= 0.6 is 23.2 Å². The molecule has 0 saturated heterocycles. The van der Waals surface area contributed by atoms with Crippen molar-refractivity contribution in [3.63, 3.8) is 0 Å². The van der Waals surface area contributed by atoms with Crippen LogP contribution in [0.3, 0.4) is 0 Å². The molecule has 0 heterocycles. The van der Waals surface area contributed by atoms with Gasteiger partial charge in [0.05, 0.1) is 34.3 Å². The Labute approximate surface area is 231 Å². The van der Waals surface area contributed by atoms with Gasteiger partial charge in [-0.05, 0) is 79.2 Å². The molecule has 0 radical (unpaired) electrons. The Kier molecular flexibility index (Phi) is 8.46. The Bertz CT molecular complexity index is 1540. The molecule has 38 heavy (non-hydrogen) atoms. The number of para-hydroxylation sites is 1. The topological polar surface area (TPSA) is 93.7 Å². The highest BCUT2D eigenvalue weighted by Crippen LogP contribution is 2.30. The highest BCUT2D eigenvalue weighted by Gasteiger charge is 2.21. The Morgan fingerprint density at radius 1 is 0.868 bits per heavy atom. The molecule has 4 aromatic rings. The fourth-order valence-corrected chi connectivity index (χ4v) is 5.01. The molecule has 0 aliphatic heterocycles. The van der Waals surface area contributed by atoms with Gasteiger partial charge in [0.25, 0.3) is 15.9 Å². The standard InChI is InChI=1S/C28H24Cl2N2O5S/c1-18(19-7-10-21(36-2)11-8-19)31-28(33)24-17-20(29)9-16-26(24)32-38(34,35)23-14-12-22(13-15-23)37-27-6-4-3-5-25(27)30/h3-18,32H,1-2H3,(H,31,33)/t18-/m0/s1. The molecule has 1 atom stereocenters. The van der Waals surface area contributed by atoms with Gasteiger partial charge in [-0.15, -0.1) is 0 Å². The number of hydrogen-bond donors (Lipinski definition) is 2. The number of benzene rings is 4. The monoisotopic (exact) mass is 570 g/mol.